The lowest BCUT2D eigenvalue weighted by atomic mass is 10.2. The highest BCUT2D eigenvalue weighted by Crippen LogP contribution is 2.22. The van der Waals surface area contributed by atoms with Crippen molar-refractivity contribution in [3.63, 3.8) is 0 Å². The fourth-order valence-electron chi connectivity index (χ4n) is 0.881. The molecule has 1 aromatic rings. The van der Waals surface area contributed by atoms with Crippen LogP contribution in [-0.4, -0.2) is 4.92 Å². The molecular weight excluding hydrogens is 192 g/mol. The first-order valence-corrected chi connectivity index (χ1v) is 3.79. The van der Waals surface area contributed by atoms with E-state index in [-0.39, 0.29) is 12.2 Å². The van der Waals surface area contributed by atoms with Crippen LogP contribution in [0.15, 0.2) is 18.2 Å². The summed E-state index contributed by atoms with van der Waals surface area (Å²) in [5.41, 5.74) is 0.453. The molecule has 0 aliphatic rings. The molecule has 0 fully saturated rings. The molecule has 0 amide bonds. The number of nitrogens with zero attached hydrogens (tertiary/aromatic N) is 2. The Morgan fingerprint density at radius 3 is 2.85 bits per heavy atom. The minimum atomic E-state index is -0.510. The van der Waals surface area contributed by atoms with Crippen molar-refractivity contribution >= 4 is 17.3 Å². The van der Waals surface area contributed by atoms with Gasteiger partial charge in [-0.25, -0.2) is 6.57 Å². The molecule has 0 aliphatic heterocycles. The first kappa shape index (κ1) is 9.49. The Hall–Kier alpha value is -1.60. The first-order valence-electron chi connectivity index (χ1n) is 3.41. The minimum Gasteiger partial charge on any atom is -0.312 e. The van der Waals surface area contributed by atoms with Crippen molar-refractivity contribution < 1.29 is 4.92 Å². The summed E-state index contributed by atoms with van der Waals surface area (Å²) in [4.78, 5) is 13.0. The number of nitro groups is 1. The van der Waals surface area contributed by atoms with Crippen molar-refractivity contribution in [2.45, 2.75) is 6.54 Å². The van der Waals surface area contributed by atoms with E-state index in [2.05, 4.69) is 4.85 Å². The predicted molar refractivity (Wildman–Crippen MR) is 48.4 cm³/mol. The number of hydrogen-bond acceptors (Lipinski definition) is 2. The Morgan fingerprint density at radius 2 is 2.31 bits per heavy atom. The Labute approximate surface area is 79.7 Å². The standard InChI is InChI=1S/C8H5ClN2O2/c1-10-5-6-4-7(11(12)13)2-3-8(6)9/h2-4H,5H2. The normalized spacial score (nSPS) is 9.23. The van der Waals surface area contributed by atoms with Gasteiger partial charge in [-0.3, -0.25) is 10.1 Å². The monoisotopic (exact) mass is 196 g/mol. The topological polar surface area (TPSA) is 47.5 Å². The van der Waals surface area contributed by atoms with Crippen molar-refractivity contribution in [3.8, 4) is 0 Å². The third kappa shape index (κ3) is 2.17. The van der Waals surface area contributed by atoms with Crippen LogP contribution in [0.1, 0.15) is 5.56 Å². The second-order valence-electron chi connectivity index (χ2n) is 2.35. The average Bonchev–Trinajstić information content (AvgIpc) is 2.08. The fraction of sp³-hybridized carbons (Fsp3) is 0.125. The molecule has 4 nitrogen and oxygen atoms in total. The van der Waals surface area contributed by atoms with Gasteiger partial charge in [0.05, 0.1) is 15.5 Å². The molecule has 13 heavy (non-hydrogen) atoms. The molecule has 0 radical (unpaired) electrons. The van der Waals surface area contributed by atoms with E-state index in [1.165, 1.54) is 18.2 Å². The summed E-state index contributed by atoms with van der Waals surface area (Å²) in [5.74, 6) is 0. The van der Waals surface area contributed by atoms with Crippen molar-refractivity contribution in [3.05, 3.63) is 50.3 Å². The summed E-state index contributed by atoms with van der Waals surface area (Å²) in [6.07, 6.45) is 0. The molecule has 1 rings (SSSR count). The van der Waals surface area contributed by atoms with Gasteiger partial charge in [-0.05, 0) is 6.07 Å². The van der Waals surface area contributed by atoms with E-state index >= 15 is 0 Å². The van der Waals surface area contributed by atoms with Gasteiger partial charge in [-0.1, -0.05) is 11.6 Å². The molecule has 0 aliphatic carbocycles. The number of benzene rings is 1. The molecule has 5 heteroatoms. The molecule has 0 unspecified atom stereocenters. The van der Waals surface area contributed by atoms with Crippen LogP contribution >= 0.6 is 11.6 Å². The second kappa shape index (κ2) is 3.87. The number of hydrogen-bond donors (Lipinski definition) is 0. The van der Waals surface area contributed by atoms with Crippen LogP contribution in [0.5, 0.6) is 0 Å². The van der Waals surface area contributed by atoms with Crippen LogP contribution in [0.3, 0.4) is 0 Å². The molecule has 0 bridgehead atoms. The highest BCUT2D eigenvalue weighted by Gasteiger charge is 2.10. The molecule has 0 heterocycles. The Morgan fingerprint density at radius 1 is 1.62 bits per heavy atom. The third-order valence-electron chi connectivity index (χ3n) is 1.49. The number of rotatable bonds is 2. The molecule has 0 saturated carbocycles. The van der Waals surface area contributed by atoms with Gasteiger partial charge in [-0.15, -0.1) is 0 Å². The van der Waals surface area contributed by atoms with E-state index in [9.17, 15) is 10.1 Å². The quantitative estimate of drug-likeness (QED) is 0.415. The maximum Gasteiger partial charge on any atom is 0.270 e. The molecule has 1 aromatic carbocycles. The Bertz CT molecular complexity index is 384. The van der Waals surface area contributed by atoms with Gasteiger partial charge in [0.25, 0.3) is 5.69 Å². The molecule has 66 valence electrons. The van der Waals surface area contributed by atoms with E-state index in [0.29, 0.717) is 10.6 Å². The van der Waals surface area contributed by atoms with E-state index in [1.807, 2.05) is 0 Å². The van der Waals surface area contributed by atoms with Crippen molar-refractivity contribution in [2.24, 2.45) is 0 Å². The summed E-state index contributed by atoms with van der Waals surface area (Å²) < 4.78 is 0. The second-order valence-corrected chi connectivity index (χ2v) is 2.76. The minimum absolute atomic E-state index is 0.0388. The zero-order valence-corrected chi connectivity index (χ0v) is 7.28. The zero-order valence-electron chi connectivity index (χ0n) is 6.53. The van der Waals surface area contributed by atoms with Crippen LogP contribution in [0.25, 0.3) is 4.85 Å². The van der Waals surface area contributed by atoms with Crippen LogP contribution in [-0.2, 0) is 6.54 Å². The number of nitro benzene ring substituents is 1. The van der Waals surface area contributed by atoms with Crippen molar-refractivity contribution in [1.82, 2.24) is 0 Å². The van der Waals surface area contributed by atoms with E-state index in [0.717, 1.165) is 0 Å². The van der Waals surface area contributed by atoms with E-state index in [1.54, 1.807) is 0 Å². The predicted octanol–water partition coefficient (Wildman–Crippen LogP) is 2.67. The number of non-ortho nitro benzene ring substituents is 1. The summed E-state index contributed by atoms with van der Waals surface area (Å²) >= 11 is 5.71. The van der Waals surface area contributed by atoms with E-state index < -0.39 is 4.92 Å². The Kier molecular flexibility index (Phi) is 2.83. The summed E-state index contributed by atoms with van der Waals surface area (Å²) in [6.45, 7) is 6.68. The van der Waals surface area contributed by atoms with Crippen LogP contribution in [0.2, 0.25) is 5.02 Å². The third-order valence-corrected chi connectivity index (χ3v) is 1.86. The first-order chi connectivity index (χ1) is 6.15. The highest BCUT2D eigenvalue weighted by atomic mass is 35.5. The lowest BCUT2D eigenvalue weighted by Crippen LogP contribution is -1.90. The summed E-state index contributed by atoms with van der Waals surface area (Å²) in [7, 11) is 0. The smallest absolute Gasteiger partial charge is 0.270 e. The van der Waals surface area contributed by atoms with Gasteiger partial charge < -0.3 is 4.85 Å². The largest absolute Gasteiger partial charge is 0.312 e. The van der Waals surface area contributed by atoms with Crippen LogP contribution in [0.4, 0.5) is 5.69 Å². The van der Waals surface area contributed by atoms with Gasteiger partial charge in [0.15, 0.2) is 0 Å². The lowest BCUT2D eigenvalue weighted by Gasteiger charge is -1.96. The van der Waals surface area contributed by atoms with Crippen molar-refractivity contribution in [2.75, 3.05) is 0 Å². The SMILES string of the molecule is [C-]#[N+]Cc1cc([N+](=O)[O-])ccc1Cl. The number of halogens is 1. The van der Waals surface area contributed by atoms with Crippen molar-refractivity contribution in [1.29, 1.82) is 0 Å². The van der Waals surface area contributed by atoms with Crippen LogP contribution < -0.4 is 0 Å². The molecule has 0 spiro atoms. The molecule has 0 N–H and O–H groups in total. The van der Waals surface area contributed by atoms with Gasteiger partial charge >= 0.3 is 0 Å². The molecular formula is C8H5ClN2O2. The summed E-state index contributed by atoms with van der Waals surface area (Å²) in [5, 5.41) is 10.7. The van der Waals surface area contributed by atoms with Gasteiger partial charge in [0.1, 0.15) is 0 Å². The average molecular weight is 197 g/mol. The highest BCUT2D eigenvalue weighted by molar-refractivity contribution is 6.31. The van der Waals surface area contributed by atoms with Gasteiger partial charge in [0.2, 0.25) is 6.54 Å². The molecule has 0 saturated heterocycles. The van der Waals surface area contributed by atoms with Gasteiger partial charge in [-0.2, -0.15) is 0 Å². The maximum atomic E-state index is 10.4. The maximum absolute atomic E-state index is 10.4. The Balaban J connectivity index is 3.12. The summed E-state index contributed by atoms with van der Waals surface area (Å²) in [6, 6.07) is 4.07. The van der Waals surface area contributed by atoms with Gasteiger partial charge in [0, 0.05) is 12.1 Å². The zero-order chi connectivity index (χ0) is 9.84. The molecule has 0 aromatic heterocycles. The fourth-order valence-corrected chi connectivity index (χ4v) is 1.06. The van der Waals surface area contributed by atoms with Crippen LogP contribution in [0, 0.1) is 16.7 Å². The lowest BCUT2D eigenvalue weighted by molar-refractivity contribution is -0.384. The molecule has 0 atom stereocenters. The van der Waals surface area contributed by atoms with E-state index in [4.69, 9.17) is 18.2 Å².